The van der Waals surface area contributed by atoms with Gasteiger partial charge in [0.25, 0.3) is 0 Å². The summed E-state index contributed by atoms with van der Waals surface area (Å²) in [7, 11) is 0. The van der Waals surface area contributed by atoms with Crippen LogP contribution >= 0.6 is 0 Å². The van der Waals surface area contributed by atoms with Gasteiger partial charge in [-0.3, -0.25) is 0 Å². The maximum atomic E-state index is 5.57. The molecule has 1 rings (SSSR count). The second-order valence-electron chi connectivity index (χ2n) is 5.33. The van der Waals surface area contributed by atoms with Crippen molar-refractivity contribution >= 4 is 0 Å². The fourth-order valence-electron chi connectivity index (χ4n) is 2.33. The molecule has 8 N–H and O–H groups in total. The van der Waals surface area contributed by atoms with Gasteiger partial charge in [0.2, 0.25) is 0 Å². The minimum absolute atomic E-state index is 0.668. The third kappa shape index (κ3) is 8.14. The van der Waals surface area contributed by atoms with E-state index in [4.69, 9.17) is 17.2 Å². The second-order valence-corrected chi connectivity index (χ2v) is 5.33. The maximum absolute atomic E-state index is 5.57. The SMILES string of the molecule is NCCCCc1cc(CNCCN)cc(CNCCN)c1. The minimum atomic E-state index is 0.668. The highest BCUT2D eigenvalue weighted by molar-refractivity contribution is 5.30. The lowest BCUT2D eigenvalue weighted by molar-refractivity contribution is 0.680. The Bertz CT molecular complexity index is 311. The molecule has 21 heavy (non-hydrogen) atoms. The van der Waals surface area contributed by atoms with Gasteiger partial charge in [0.1, 0.15) is 0 Å². The van der Waals surface area contributed by atoms with Crippen molar-refractivity contribution in [3.8, 4) is 0 Å². The molecule has 5 heteroatoms. The van der Waals surface area contributed by atoms with E-state index < -0.39 is 0 Å². The van der Waals surface area contributed by atoms with E-state index in [0.717, 1.165) is 52.0 Å². The second kappa shape index (κ2) is 11.7. The Labute approximate surface area is 128 Å². The van der Waals surface area contributed by atoms with Crippen LogP contribution in [0, 0.1) is 0 Å². The largest absolute Gasteiger partial charge is 0.330 e. The number of unbranched alkanes of at least 4 members (excludes halogenated alkanes) is 1. The average molecular weight is 293 g/mol. The molecular weight excluding hydrogens is 262 g/mol. The summed E-state index contributed by atoms with van der Waals surface area (Å²) in [5.74, 6) is 0. The molecule has 0 fully saturated rings. The topological polar surface area (TPSA) is 102 Å². The van der Waals surface area contributed by atoms with Gasteiger partial charge in [0.05, 0.1) is 0 Å². The fourth-order valence-corrected chi connectivity index (χ4v) is 2.33. The molecule has 0 spiro atoms. The Hall–Kier alpha value is -0.980. The van der Waals surface area contributed by atoms with Crippen LogP contribution in [0.2, 0.25) is 0 Å². The molecule has 0 unspecified atom stereocenters. The van der Waals surface area contributed by atoms with Gasteiger partial charge in [-0.15, -0.1) is 0 Å². The predicted octanol–water partition coefficient (Wildman–Crippen LogP) is 0.0646. The summed E-state index contributed by atoms with van der Waals surface area (Å²) in [6, 6.07) is 6.82. The third-order valence-corrected chi connectivity index (χ3v) is 3.33. The van der Waals surface area contributed by atoms with Crippen LogP contribution in [0.4, 0.5) is 0 Å². The molecule has 0 saturated carbocycles. The van der Waals surface area contributed by atoms with E-state index in [0.29, 0.717) is 13.1 Å². The quantitative estimate of drug-likeness (QED) is 0.351. The number of rotatable bonds is 12. The van der Waals surface area contributed by atoms with E-state index in [1.165, 1.54) is 16.7 Å². The van der Waals surface area contributed by atoms with Crippen molar-refractivity contribution in [3.63, 3.8) is 0 Å². The lowest BCUT2D eigenvalue weighted by Crippen LogP contribution is -2.23. The summed E-state index contributed by atoms with van der Waals surface area (Å²) >= 11 is 0. The molecule has 0 aliphatic rings. The Kier molecular flexibility index (Phi) is 10.0. The molecule has 1 aromatic carbocycles. The van der Waals surface area contributed by atoms with Gasteiger partial charge in [-0.1, -0.05) is 18.2 Å². The van der Waals surface area contributed by atoms with Crippen molar-refractivity contribution in [2.75, 3.05) is 32.7 Å². The molecule has 0 bridgehead atoms. The first-order valence-electron chi connectivity index (χ1n) is 7.93. The maximum Gasteiger partial charge on any atom is 0.0206 e. The summed E-state index contributed by atoms with van der Waals surface area (Å²) in [5, 5.41) is 6.71. The van der Waals surface area contributed by atoms with Crippen molar-refractivity contribution in [2.45, 2.75) is 32.4 Å². The number of nitrogens with one attached hydrogen (secondary N) is 2. The van der Waals surface area contributed by atoms with Crippen LogP contribution < -0.4 is 27.8 Å². The Balaban J connectivity index is 2.65. The number of hydrogen-bond acceptors (Lipinski definition) is 5. The Morgan fingerprint density at radius 1 is 0.667 bits per heavy atom. The zero-order valence-electron chi connectivity index (χ0n) is 13.0. The Morgan fingerprint density at radius 2 is 1.19 bits per heavy atom. The van der Waals surface area contributed by atoms with Crippen molar-refractivity contribution in [2.24, 2.45) is 17.2 Å². The van der Waals surface area contributed by atoms with E-state index >= 15 is 0 Å². The van der Waals surface area contributed by atoms with Gasteiger partial charge >= 0.3 is 0 Å². The molecule has 0 heterocycles. The lowest BCUT2D eigenvalue weighted by Gasteiger charge is -2.11. The van der Waals surface area contributed by atoms with Gasteiger partial charge in [-0.2, -0.15) is 0 Å². The normalized spacial score (nSPS) is 11.0. The van der Waals surface area contributed by atoms with E-state index in [9.17, 15) is 0 Å². The first-order valence-corrected chi connectivity index (χ1v) is 7.93. The molecular formula is C16H31N5. The van der Waals surface area contributed by atoms with Crippen LogP contribution in [0.3, 0.4) is 0 Å². The molecule has 0 aliphatic carbocycles. The van der Waals surface area contributed by atoms with E-state index in [2.05, 4.69) is 28.8 Å². The van der Waals surface area contributed by atoms with Crippen molar-refractivity contribution in [3.05, 3.63) is 34.9 Å². The van der Waals surface area contributed by atoms with Crippen LogP contribution in [-0.4, -0.2) is 32.7 Å². The highest BCUT2D eigenvalue weighted by Crippen LogP contribution is 2.13. The van der Waals surface area contributed by atoms with Gasteiger partial charge in [-0.25, -0.2) is 0 Å². The number of hydrogen-bond donors (Lipinski definition) is 5. The molecule has 0 aromatic heterocycles. The first kappa shape index (κ1) is 18.1. The summed E-state index contributed by atoms with van der Waals surface area (Å²) in [6.07, 6.45) is 3.31. The van der Waals surface area contributed by atoms with Crippen LogP contribution in [0.25, 0.3) is 0 Å². The van der Waals surface area contributed by atoms with Gasteiger partial charge < -0.3 is 27.8 Å². The third-order valence-electron chi connectivity index (χ3n) is 3.33. The minimum Gasteiger partial charge on any atom is -0.330 e. The molecule has 0 saturated heterocycles. The van der Waals surface area contributed by atoms with E-state index in [1.807, 2.05) is 0 Å². The molecule has 1 aromatic rings. The molecule has 0 aliphatic heterocycles. The molecule has 0 atom stereocenters. The van der Waals surface area contributed by atoms with Gasteiger partial charge in [-0.05, 0) is 42.5 Å². The highest BCUT2D eigenvalue weighted by Gasteiger charge is 2.02. The standard InChI is InChI=1S/C16H31N5/c17-4-2-1-3-14-9-15(12-20-7-5-18)11-16(10-14)13-21-8-6-19/h9-11,20-21H,1-8,12-13,17-19H2. The van der Waals surface area contributed by atoms with Crippen LogP contribution in [0.1, 0.15) is 29.5 Å². The highest BCUT2D eigenvalue weighted by atomic mass is 14.9. The zero-order valence-corrected chi connectivity index (χ0v) is 13.0. The van der Waals surface area contributed by atoms with E-state index in [-0.39, 0.29) is 0 Å². The van der Waals surface area contributed by atoms with Crippen LogP contribution in [-0.2, 0) is 19.5 Å². The molecule has 120 valence electrons. The summed E-state index contributed by atoms with van der Waals surface area (Å²) in [4.78, 5) is 0. The molecule has 0 radical (unpaired) electrons. The average Bonchev–Trinajstić information content (AvgIpc) is 2.48. The van der Waals surface area contributed by atoms with Crippen molar-refractivity contribution in [1.29, 1.82) is 0 Å². The van der Waals surface area contributed by atoms with Gasteiger partial charge in [0.15, 0.2) is 0 Å². The smallest absolute Gasteiger partial charge is 0.0206 e. The van der Waals surface area contributed by atoms with Crippen molar-refractivity contribution in [1.82, 2.24) is 10.6 Å². The zero-order chi connectivity index (χ0) is 15.3. The summed E-state index contributed by atoms with van der Waals surface area (Å²) in [6.45, 7) is 5.53. The number of aryl methyl sites for hydroxylation is 1. The van der Waals surface area contributed by atoms with Crippen LogP contribution in [0.15, 0.2) is 18.2 Å². The summed E-state index contributed by atoms with van der Waals surface area (Å²) in [5.41, 5.74) is 20.6. The Morgan fingerprint density at radius 3 is 1.67 bits per heavy atom. The van der Waals surface area contributed by atoms with E-state index in [1.54, 1.807) is 0 Å². The van der Waals surface area contributed by atoms with Crippen molar-refractivity contribution < 1.29 is 0 Å². The van der Waals surface area contributed by atoms with Gasteiger partial charge in [0, 0.05) is 39.3 Å². The number of nitrogens with two attached hydrogens (primary N) is 3. The fraction of sp³-hybridized carbons (Fsp3) is 0.625. The monoisotopic (exact) mass is 293 g/mol. The lowest BCUT2D eigenvalue weighted by atomic mass is 10.0. The first-order chi connectivity index (χ1) is 10.3. The van der Waals surface area contributed by atoms with Crippen LogP contribution in [0.5, 0.6) is 0 Å². The summed E-state index contributed by atoms with van der Waals surface area (Å²) < 4.78 is 0. The molecule has 5 nitrogen and oxygen atoms in total. The number of benzene rings is 1. The molecule has 0 amide bonds. The predicted molar refractivity (Wildman–Crippen MR) is 90.0 cm³/mol.